The number of hydrogen-bond donors (Lipinski definition) is 4. The summed E-state index contributed by atoms with van der Waals surface area (Å²) in [6.45, 7) is 21.3. The molecule has 4 N–H and O–H groups in total. The predicted octanol–water partition coefficient (Wildman–Crippen LogP) is 8.34. The molecule has 13 nitrogen and oxygen atoms in total. The summed E-state index contributed by atoms with van der Waals surface area (Å²) in [5.74, 6) is -0.0333. The lowest BCUT2D eigenvalue weighted by atomic mass is 10.1. The first-order chi connectivity index (χ1) is 23.1. The molecule has 0 aromatic carbocycles. The molecule has 2 amide bonds. The van der Waals surface area contributed by atoms with Gasteiger partial charge in [0.1, 0.15) is 27.4 Å². The number of anilines is 2. The van der Waals surface area contributed by atoms with Crippen molar-refractivity contribution >= 4 is 104 Å². The van der Waals surface area contributed by atoms with Crippen molar-refractivity contribution in [2.24, 2.45) is 0 Å². The van der Waals surface area contributed by atoms with Crippen molar-refractivity contribution < 1.29 is 14.3 Å². The highest BCUT2D eigenvalue weighted by Crippen LogP contribution is 2.29. The van der Waals surface area contributed by atoms with Gasteiger partial charge in [-0.1, -0.05) is 42.8 Å². The Morgan fingerprint density at radius 1 is 0.960 bits per heavy atom. The molecule has 5 aromatic heterocycles. The first-order valence-electron chi connectivity index (χ1n) is 15.8. The smallest absolute Gasteiger partial charge is 0.255 e. The minimum Gasteiger partial charge on any atom is -0.361 e. The van der Waals surface area contributed by atoms with Gasteiger partial charge in [-0.3, -0.25) is 9.59 Å². The van der Waals surface area contributed by atoms with Gasteiger partial charge in [0, 0.05) is 38.2 Å². The molecule has 0 spiro atoms. The maximum Gasteiger partial charge on any atom is 0.255 e. The van der Waals surface area contributed by atoms with E-state index in [0.29, 0.717) is 57.2 Å². The number of ether oxygens (including phenoxy) is 1. The molecule has 0 unspecified atom stereocenters. The Hall–Kier alpha value is -3.15. The second-order valence-electron chi connectivity index (χ2n) is 15.0. The zero-order valence-electron chi connectivity index (χ0n) is 29.8. The number of hydrogen-bond acceptors (Lipinski definition) is 10. The van der Waals surface area contributed by atoms with Gasteiger partial charge in [-0.05, 0) is 88.0 Å². The Morgan fingerprint density at radius 3 is 2.18 bits per heavy atom. The number of fused-ring (bicyclic) bond motifs is 2. The molecule has 0 atom stereocenters. The van der Waals surface area contributed by atoms with Crippen molar-refractivity contribution in [2.45, 2.75) is 92.0 Å². The van der Waals surface area contributed by atoms with Crippen LogP contribution in [0.3, 0.4) is 0 Å². The average molecular weight is 827 g/mol. The summed E-state index contributed by atoms with van der Waals surface area (Å²) in [6, 6.07) is 2.96. The molecule has 0 fully saturated rings. The Labute approximate surface area is 315 Å². The van der Waals surface area contributed by atoms with Crippen LogP contribution in [0.25, 0.3) is 22.3 Å². The van der Waals surface area contributed by atoms with Crippen LogP contribution < -0.4 is 16.0 Å². The molecule has 5 rings (SSSR count). The van der Waals surface area contributed by atoms with Gasteiger partial charge in [-0.25, -0.2) is 19.9 Å². The topological polar surface area (TPSA) is 165 Å². The third kappa shape index (κ3) is 10.9. The van der Waals surface area contributed by atoms with Crippen molar-refractivity contribution in [1.82, 2.24) is 44.5 Å². The third-order valence-corrected chi connectivity index (χ3v) is 10.4. The van der Waals surface area contributed by atoms with E-state index in [9.17, 15) is 9.59 Å². The Balaban J connectivity index is 0.000000225. The fourth-order valence-electron chi connectivity index (χ4n) is 4.37. The Kier molecular flexibility index (Phi) is 12.4. The molecule has 0 aliphatic carbocycles. The summed E-state index contributed by atoms with van der Waals surface area (Å²) < 4.78 is 12.2. The van der Waals surface area contributed by atoms with Crippen molar-refractivity contribution in [3.8, 4) is 0 Å². The van der Waals surface area contributed by atoms with Gasteiger partial charge in [0.2, 0.25) is 0 Å². The van der Waals surface area contributed by atoms with E-state index in [4.69, 9.17) is 27.9 Å². The highest BCUT2D eigenvalue weighted by Gasteiger charge is 2.24. The standard InChI is InChI=1S/C17H26BrClN4O2Si.C15H17ClN6OS/c1-17(2,3)22-16(24)11-9-23(10-25-7-8-26(4,5)6)15-12(11)20-13(18)14(19)21-15;1-7-5-9(24-22-7)18-13-11(16)20-12-10(19-13)8(6-17-12)14(23)21-15(2,3)4/h9H,7-8,10H2,1-6H3,(H,22,24);5-6H,1-4H3,(H,17,20)(H,18,19)(H,21,23). The van der Waals surface area contributed by atoms with E-state index < -0.39 is 8.07 Å². The summed E-state index contributed by atoms with van der Waals surface area (Å²) in [4.78, 5) is 45.6. The molecule has 0 aliphatic heterocycles. The maximum atomic E-state index is 12.7. The lowest BCUT2D eigenvalue weighted by Gasteiger charge is -2.20. The number of rotatable bonds is 9. The van der Waals surface area contributed by atoms with Gasteiger partial charge in [-0.2, -0.15) is 4.37 Å². The molecule has 0 radical (unpaired) electrons. The molecule has 50 heavy (non-hydrogen) atoms. The monoisotopic (exact) mass is 824 g/mol. The van der Waals surface area contributed by atoms with Gasteiger partial charge in [0.25, 0.3) is 11.8 Å². The first kappa shape index (κ1) is 39.6. The van der Waals surface area contributed by atoms with Crippen molar-refractivity contribution in [2.75, 3.05) is 11.9 Å². The van der Waals surface area contributed by atoms with E-state index in [2.05, 4.69) is 80.8 Å². The van der Waals surface area contributed by atoms with Crippen molar-refractivity contribution in [3.63, 3.8) is 0 Å². The van der Waals surface area contributed by atoms with Crippen molar-refractivity contribution in [3.05, 3.63) is 50.2 Å². The number of H-pyrrole nitrogens is 1. The number of amides is 2. The SMILES string of the molecule is CC(C)(C)NC(=O)c1cn(COCC[Si](C)(C)C)c2nc(Cl)c(Br)nc12.Cc1cc(Nc2nc3c(C(=O)NC(C)(C)C)c[nH]c3nc2Cl)sn1. The largest absolute Gasteiger partial charge is 0.361 e. The van der Waals surface area contributed by atoms with Crippen LogP contribution in [0.5, 0.6) is 0 Å². The van der Waals surface area contributed by atoms with Crippen LogP contribution in [0.4, 0.5) is 10.8 Å². The zero-order chi connectivity index (χ0) is 37.2. The Bertz CT molecular complexity index is 2010. The Morgan fingerprint density at radius 2 is 1.60 bits per heavy atom. The van der Waals surface area contributed by atoms with Crippen LogP contribution in [-0.4, -0.2) is 71.4 Å². The molecule has 0 bridgehead atoms. The molecular weight excluding hydrogens is 783 g/mol. The molecule has 270 valence electrons. The maximum absolute atomic E-state index is 12.7. The highest BCUT2D eigenvalue weighted by atomic mass is 79.9. The summed E-state index contributed by atoms with van der Waals surface area (Å²) in [5, 5.41) is 10.2. The molecule has 0 saturated carbocycles. The quantitative estimate of drug-likeness (QED) is 0.0845. The van der Waals surface area contributed by atoms with E-state index in [1.165, 1.54) is 11.5 Å². The number of carbonyl (C=O) groups excluding carboxylic acids is 2. The second kappa shape index (κ2) is 15.6. The minimum atomic E-state index is -1.16. The predicted molar refractivity (Wildman–Crippen MR) is 208 cm³/mol. The molecular formula is C32H43BrCl2N10O3SSi. The van der Waals surface area contributed by atoms with Crippen LogP contribution in [0.15, 0.2) is 23.1 Å². The van der Waals surface area contributed by atoms with Gasteiger partial charge < -0.3 is 30.2 Å². The number of nitrogens with zero attached hydrogens (tertiary/aromatic N) is 6. The van der Waals surface area contributed by atoms with E-state index in [0.717, 1.165) is 16.7 Å². The fraction of sp³-hybridized carbons (Fsp3) is 0.469. The van der Waals surface area contributed by atoms with Crippen LogP contribution in [0.2, 0.25) is 36.0 Å². The van der Waals surface area contributed by atoms with E-state index in [1.54, 1.807) is 17.0 Å². The first-order valence-corrected chi connectivity index (χ1v) is 21.8. The number of carbonyl (C=O) groups is 2. The summed E-state index contributed by atoms with van der Waals surface area (Å²) in [6.07, 6.45) is 3.31. The highest BCUT2D eigenvalue weighted by molar-refractivity contribution is 9.10. The average Bonchev–Trinajstić information content (AvgIpc) is 3.66. The second-order valence-corrected chi connectivity index (χ2v) is 22.9. The number of aryl methyl sites for hydroxylation is 1. The van der Waals surface area contributed by atoms with Crippen LogP contribution in [0.1, 0.15) is 68.0 Å². The fourth-order valence-corrected chi connectivity index (χ4v) is 6.35. The normalized spacial score (nSPS) is 12.2. The van der Waals surface area contributed by atoms with Gasteiger partial charge in [0.15, 0.2) is 27.4 Å². The lowest BCUT2D eigenvalue weighted by molar-refractivity contribution is 0.0884. The molecule has 5 aromatic rings. The summed E-state index contributed by atoms with van der Waals surface area (Å²) >= 11 is 16.9. The van der Waals surface area contributed by atoms with Crippen LogP contribution in [-0.2, 0) is 11.5 Å². The number of aromatic nitrogens is 7. The molecule has 18 heteroatoms. The van der Waals surface area contributed by atoms with Gasteiger partial charge in [-0.15, -0.1) is 0 Å². The third-order valence-electron chi connectivity index (χ3n) is 6.63. The molecule has 5 heterocycles. The lowest BCUT2D eigenvalue weighted by Crippen LogP contribution is -2.40. The van der Waals surface area contributed by atoms with E-state index in [-0.39, 0.29) is 33.2 Å². The van der Waals surface area contributed by atoms with E-state index >= 15 is 0 Å². The van der Waals surface area contributed by atoms with Gasteiger partial charge in [0.05, 0.1) is 16.8 Å². The van der Waals surface area contributed by atoms with Crippen molar-refractivity contribution in [1.29, 1.82) is 0 Å². The molecule has 0 saturated heterocycles. The number of aromatic amines is 1. The zero-order valence-corrected chi connectivity index (χ0v) is 34.7. The summed E-state index contributed by atoms with van der Waals surface area (Å²) in [5.41, 5.74) is 3.04. The number of nitrogens with one attached hydrogen (secondary N) is 4. The number of halogens is 3. The minimum absolute atomic E-state index is 0.202. The van der Waals surface area contributed by atoms with Crippen LogP contribution >= 0.6 is 50.7 Å². The van der Waals surface area contributed by atoms with Crippen LogP contribution in [0, 0.1) is 6.92 Å². The molecule has 0 aliphatic rings. The summed E-state index contributed by atoms with van der Waals surface area (Å²) in [7, 11) is -1.16. The van der Waals surface area contributed by atoms with Gasteiger partial charge >= 0.3 is 0 Å². The van der Waals surface area contributed by atoms with E-state index in [1.807, 2.05) is 54.5 Å².